The van der Waals surface area contributed by atoms with E-state index in [1.807, 2.05) is 0 Å². The first kappa shape index (κ1) is 11.2. The van der Waals surface area contributed by atoms with Crippen molar-refractivity contribution in [3.05, 3.63) is 0 Å². The van der Waals surface area contributed by atoms with E-state index in [0.29, 0.717) is 25.9 Å². The number of nitrogens with one attached hydrogen (secondary N) is 1. The number of carbonyl (C=O) groups is 2. The van der Waals surface area contributed by atoms with Crippen LogP contribution in [0.1, 0.15) is 32.1 Å². The van der Waals surface area contributed by atoms with Gasteiger partial charge in [0.05, 0.1) is 5.41 Å². The van der Waals surface area contributed by atoms with Crippen LogP contribution in [-0.4, -0.2) is 41.6 Å². The van der Waals surface area contributed by atoms with E-state index in [1.54, 1.807) is 0 Å². The third-order valence-corrected chi connectivity index (χ3v) is 3.84. The highest BCUT2D eigenvalue weighted by Gasteiger charge is 2.42. The fourth-order valence-electron chi connectivity index (χ4n) is 2.69. The van der Waals surface area contributed by atoms with Crippen LogP contribution in [0.4, 0.5) is 4.79 Å². The lowest BCUT2D eigenvalue weighted by Gasteiger charge is -2.38. The summed E-state index contributed by atoms with van der Waals surface area (Å²) in [6, 6.07) is 0. The molecule has 2 N–H and O–H groups in total. The average molecular weight is 226 g/mol. The number of likely N-dealkylation sites (tertiary alicyclic amines) is 1. The molecule has 2 aliphatic rings. The molecule has 2 saturated heterocycles. The van der Waals surface area contributed by atoms with Crippen LogP contribution in [0.25, 0.3) is 0 Å². The number of amides is 2. The zero-order chi connectivity index (χ0) is 11.6. The largest absolute Gasteiger partial charge is 0.465 e. The maximum atomic E-state index is 12.0. The Morgan fingerprint density at radius 2 is 1.94 bits per heavy atom. The van der Waals surface area contributed by atoms with Crippen molar-refractivity contribution in [3.63, 3.8) is 0 Å². The molecule has 0 aromatic carbocycles. The lowest BCUT2D eigenvalue weighted by molar-refractivity contribution is -0.133. The zero-order valence-electron chi connectivity index (χ0n) is 9.37. The maximum absolute atomic E-state index is 12.0. The quantitative estimate of drug-likeness (QED) is 0.648. The number of nitrogens with zero attached hydrogens (tertiary/aromatic N) is 1. The second kappa shape index (κ2) is 4.31. The van der Waals surface area contributed by atoms with Crippen molar-refractivity contribution in [1.82, 2.24) is 10.2 Å². The Morgan fingerprint density at radius 3 is 2.56 bits per heavy atom. The number of carbonyl (C=O) groups excluding carboxylic acids is 1. The molecule has 1 spiro atoms. The van der Waals surface area contributed by atoms with Crippen LogP contribution in [0.3, 0.4) is 0 Å². The van der Waals surface area contributed by atoms with Gasteiger partial charge in [-0.3, -0.25) is 4.79 Å². The highest BCUT2D eigenvalue weighted by Crippen LogP contribution is 2.38. The number of piperidine rings is 1. The van der Waals surface area contributed by atoms with E-state index in [-0.39, 0.29) is 11.3 Å². The van der Waals surface area contributed by atoms with E-state index < -0.39 is 6.09 Å². The summed E-state index contributed by atoms with van der Waals surface area (Å²) in [4.78, 5) is 24.2. The molecule has 2 heterocycles. The molecule has 0 aliphatic carbocycles. The second-order valence-electron chi connectivity index (χ2n) is 4.76. The van der Waals surface area contributed by atoms with Crippen molar-refractivity contribution >= 4 is 12.0 Å². The Morgan fingerprint density at radius 1 is 1.25 bits per heavy atom. The summed E-state index contributed by atoms with van der Waals surface area (Å²) in [5, 5.41) is 11.8. The first-order valence-electron chi connectivity index (χ1n) is 5.90. The fourth-order valence-corrected chi connectivity index (χ4v) is 2.69. The van der Waals surface area contributed by atoms with Gasteiger partial charge in [-0.2, -0.15) is 0 Å². The molecule has 0 saturated carbocycles. The molecule has 0 aromatic heterocycles. The van der Waals surface area contributed by atoms with Crippen LogP contribution in [0.5, 0.6) is 0 Å². The van der Waals surface area contributed by atoms with E-state index >= 15 is 0 Å². The van der Waals surface area contributed by atoms with Crippen LogP contribution in [0, 0.1) is 5.41 Å². The van der Waals surface area contributed by atoms with Crippen LogP contribution in [0.2, 0.25) is 0 Å². The minimum Gasteiger partial charge on any atom is -0.465 e. The minimum atomic E-state index is -0.871. The first-order chi connectivity index (χ1) is 7.64. The van der Waals surface area contributed by atoms with Gasteiger partial charge in [0.1, 0.15) is 0 Å². The van der Waals surface area contributed by atoms with Gasteiger partial charge in [0, 0.05) is 19.6 Å². The monoisotopic (exact) mass is 226 g/mol. The van der Waals surface area contributed by atoms with Crippen molar-refractivity contribution in [1.29, 1.82) is 0 Å². The van der Waals surface area contributed by atoms with E-state index in [0.717, 1.165) is 25.8 Å². The molecule has 16 heavy (non-hydrogen) atoms. The number of rotatable bonds is 0. The number of carboxylic acid groups (broad SMARTS) is 1. The molecule has 2 aliphatic heterocycles. The van der Waals surface area contributed by atoms with Gasteiger partial charge in [-0.1, -0.05) is 6.42 Å². The Bertz CT molecular complexity index is 296. The fraction of sp³-hybridized carbons (Fsp3) is 0.818. The smallest absolute Gasteiger partial charge is 0.407 e. The Balaban J connectivity index is 2.04. The third-order valence-electron chi connectivity index (χ3n) is 3.84. The molecule has 0 aromatic rings. The number of hydrogen-bond acceptors (Lipinski definition) is 2. The zero-order valence-corrected chi connectivity index (χ0v) is 9.37. The Hall–Kier alpha value is -1.26. The second-order valence-corrected chi connectivity index (χ2v) is 4.76. The van der Waals surface area contributed by atoms with Gasteiger partial charge in [-0.15, -0.1) is 0 Å². The van der Waals surface area contributed by atoms with Crippen molar-refractivity contribution < 1.29 is 14.7 Å². The molecular weight excluding hydrogens is 208 g/mol. The van der Waals surface area contributed by atoms with Gasteiger partial charge in [0.15, 0.2) is 0 Å². The Labute approximate surface area is 94.8 Å². The molecule has 0 radical (unpaired) electrons. The predicted octanol–water partition coefficient (Wildman–Crippen LogP) is 1.05. The predicted molar refractivity (Wildman–Crippen MR) is 58.1 cm³/mol. The molecule has 2 amide bonds. The summed E-state index contributed by atoms with van der Waals surface area (Å²) in [5.41, 5.74) is -0.289. The first-order valence-corrected chi connectivity index (χ1v) is 5.90. The van der Waals surface area contributed by atoms with Crippen LogP contribution in [-0.2, 0) is 4.79 Å². The lowest BCUT2D eigenvalue weighted by Crippen LogP contribution is -2.49. The van der Waals surface area contributed by atoms with Gasteiger partial charge in [-0.05, 0) is 25.7 Å². The van der Waals surface area contributed by atoms with Gasteiger partial charge in [-0.25, -0.2) is 4.79 Å². The van der Waals surface area contributed by atoms with Gasteiger partial charge >= 0.3 is 6.09 Å². The highest BCUT2D eigenvalue weighted by molar-refractivity contribution is 5.83. The normalized spacial score (nSPS) is 25.0. The molecule has 0 unspecified atom stereocenters. The average Bonchev–Trinajstić information content (AvgIpc) is 2.44. The summed E-state index contributed by atoms with van der Waals surface area (Å²) < 4.78 is 0. The summed E-state index contributed by atoms with van der Waals surface area (Å²) in [5.74, 6) is 0.134. The summed E-state index contributed by atoms with van der Waals surface area (Å²) >= 11 is 0. The highest BCUT2D eigenvalue weighted by atomic mass is 16.4. The Kier molecular flexibility index (Phi) is 3.03. The third kappa shape index (κ3) is 1.99. The van der Waals surface area contributed by atoms with Gasteiger partial charge < -0.3 is 15.3 Å². The summed E-state index contributed by atoms with van der Waals surface area (Å²) in [6.07, 6.45) is 3.48. The van der Waals surface area contributed by atoms with Crippen molar-refractivity contribution in [2.45, 2.75) is 32.1 Å². The van der Waals surface area contributed by atoms with E-state index in [9.17, 15) is 9.59 Å². The van der Waals surface area contributed by atoms with Crippen LogP contribution in [0.15, 0.2) is 0 Å². The SMILES string of the molecule is O=C(O)N1CCC2(CCCCNC2=O)CC1. The molecule has 2 rings (SSSR count). The topological polar surface area (TPSA) is 69.6 Å². The molecule has 2 fully saturated rings. The molecule has 0 atom stereocenters. The van der Waals surface area contributed by atoms with E-state index in [2.05, 4.69) is 5.32 Å². The molecular formula is C11H18N2O3. The van der Waals surface area contributed by atoms with Gasteiger partial charge in [0.25, 0.3) is 0 Å². The number of hydrogen-bond donors (Lipinski definition) is 2. The van der Waals surface area contributed by atoms with Crippen molar-refractivity contribution in [2.75, 3.05) is 19.6 Å². The summed E-state index contributed by atoms with van der Waals surface area (Å²) in [7, 11) is 0. The van der Waals surface area contributed by atoms with Crippen molar-refractivity contribution in [3.8, 4) is 0 Å². The van der Waals surface area contributed by atoms with E-state index in [4.69, 9.17) is 5.11 Å². The lowest BCUT2D eigenvalue weighted by atomic mass is 9.74. The summed E-state index contributed by atoms with van der Waals surface area (Å²) in [6.45, 7) is 1.74. The van der Waals surface area contributed by atoms with Gasteiger partial charge in [0.2, 0.25) is 5.91 Å². The van der Waals surface area contributed by atoms with E-state index in [1.165, 1.54) is 4.90 Å². The van der Waals surface area contributed by atoms with Crippen LogP contribution < -0.4 is 5.32 Å². The molecule has 5 heteroatoms. The maximum Gasteiger partial charge on any atom is 0.407 e. The standard InChI is InChI=1S/C11H18N2O3/c14-9-11(3-1-2-6-12-9)4-7-13(8-5-11)10(15)16/h1-8H2,(H,12,14)(H,15,16). The molecule has 0 bridgehead atoms. The van der Waals surface area contributed by atoms with Crippen molar-refractivity contribution in [2.24, 2.45) is 5.41 Å². The molecule has 90 valence electrons. The van der Waals surface area contributed by atoms with Crippen LogP contribution >= 0.6 is 0 Å². The molecule has 5 nitrogen and oxygen atoms in total. The minimum absolute atomic E-state index is 0.134.